The van der Waals surface area contributed by atoms with E-state index in [1.807, 2.05) is 0 Å². The Bertz CT molecular complexity index is 418. The number of hydrogen-bond acceptors (Lipinski definition) is 2. The van der Waals surface area contributed by atoms with E-state index in [9.17, 15) is 9.18 Å². The first kappa shape index (κ1) is 13.2. The van der Waals surface area contributed by atoms with E-state index in [1.54, 1.807) is 18.0 Å². The van der Waals surface area contributed by atoms with E-state index < -0.39 is 11.8 Å². The number of halogens is 1. The number of carboxylic acids is 1. The molecule has 4 heteroatoms. The zero-order valence-corrected chi connectivity index (χ0v) is 9.82. The lowest BCUT2D eigenvalue weighted by Gasteiger charge is -2.21. The molecule has 0 radical (unpaired) electrons. The Morgan fingerprint density at radius 2 is 2.29 bits per heavy atom. The summed E-state index contributed by atoms with van der Waals surface area (Å²) in [6.07, 6.45) is 3.42. The summed E-state index contributed by atoms with van der Waals surface area (Å²) < 4.78 is 13.6. The summed E-state index contributed by atoms with van der Waals surface area (Å²) in [7, 11) is 1.69. The normalized spacial score (nSPS) is 10.0. The molecule has 0 aliphatic rings. The molecule has 0 amide bonds. The van der Waals surface area contributed by atoms with Crippen LogP contribution in [0.2, 0.25) is 0 Å². The van der Waals surface area contributed by atoms with Crippen molar-refractivity contribution in [2.24, 2.45) is 0 Å². The molecule has 0 heterocycles. The molecule has 0 saturated carbocycles. The summed E-state index contributed by atoms with van der Waals surface area (Å²) >= 11 is 0. The van der Waals surface area contributed by atoms with Crippen LogP contribution in [0.25, 0.3) is 0 Å². The highest BCUT2D eigenvalue weighted by atomic mass is 19.1. The lowest BCUT2D eigenvalue weighted by Crippen LogP contribution is -2.22. The molecule has 1 aromatic carbocycles. The summed E-state index contributed by atoms with van der Waals surface area (Å²) in [5, 5.41) is 9.00. The van der Waals surface area contributed by atoms with Gasteiger partial charge >= 0.3 is 5.97 Å². The number of aromatic carboxylic acids is 1. The van der Waals surface area contributed by atoms with Crippen molar-refractivity contribution in [2.75, 3.05) is 18.5 Å². The maximum Gasteiger partial charge on any atom is 0.337 e. The lowest BCUT2D eigenvalue weighted by molar-refractivity contribution is 0.0697. The van der Waals surface area contributed by atoms with E-state index >= 15 is 0 Å². The molecule has 3 nitrogen and oxygen atoms in total. The van der Waals surface area contributed by atoms with Crippen molar-refractivity contribution in [3.63, 3.8) is 0 Å². The number of allylic oxidation sites excluding steroid dienone is 1. The second-order valence-corrected chi connectivity index (χ2v) is 3.79. The molecule has 1 N–H and O–H groups in total. The molecule has 1 rings (SSSR count). The number of rotatable bonds is 6. The van der Waals surface area contributed by atoms with Crippen molar-refractivity contribution < 1.29 is 14.3 Å². The van der Waals surface area contributed by atoms with E-state index in [1.165, 1.54) is 18.2 Å². The minimum absolute atomic E-state index is 0.00824. The quantitative estimate of drug-likeness (QED) is 0.611. The third-order valence-electron chi connectivity index (χ3n) is 2.50. The molecule has 0 unspecified atom stereocenters. The number of carboxylic acid groups (broad SMARTS) is 1. The highest BCUT2D eigenvalue weighted by Crippen LogP contribution is 2.23. The van der Waals surface area contributed by atoms with E-state index in [0.29, 0.717) is 6.54 Å². The van der Waals surface area contributed by atoms with Crippen LogP contribution in [0, 0.1) is 5.82 Å². The van der Waals surface area contributed by atoms with Crippen LogP contribution in [0.5, 0.6) is 0 Å². The molecule has 92 valence electrons. The standard InChI is InChI=1S/C13H16FNO2/c1-3-4-5-9-15(2)12-10(13(16)17)7-6-8-11(12)14/h3,6-8H,1,4-5,9H2,2H3,(H,16,17). The summed E-state index contributed by atoms with van der Waals surface area (Å²) in [6.45, 7) is 4.20. The number of unbranched alkanes of at least 4 members (excludes halogenated alkanes) is 1. The van der Waals surface area contributed by atoms with Crippen molar-refractivity contribution in [2.45, 2.75) is 12.8 Å². The van der Waals surface area contributed by atoms with Crippen molar-refractivity contribution >= 4 is 11.7 Å². The van der Waals surface area contributed by atoms with E-state index in [0.717, 1.165) is 12.8 Å². The Balaban J connectivity index is 2.94. The summed E-state index contributed by atoms with van der Waals surface area (Å²) in [6, 6.07) is 4.08. The Morgan fingerprint density at radius 3 is 2.88 bits per heavy atom. The van der Waals surface area contributed by atoms with Gasteiger partial charge < -0.3 is 10.0 Å². The number of para-hydroxylation sites is 1. The molecular formula is C13H16FNO2. The van der Waals surface area contributed by atoms with Crippen molar-refractivity contribution in [3.8, 4) is 0 Å². The third kappa shape index (κ3) is 3.31. The van der Waals surface area contributed by atoms with Crippen molar-refractivity contribution in [3.05, 3.63) is 42.2 Å². The smallest absolute Gasteiger partial charge is 0.337 e. The number of nitrogens with zero attached hydrogens (tertiary/aromatic N) is 1. The van der Waals surface area contributed by atoms with Crippen LogP contribution in [-0.2, 0) is 0 Å². The predicted octanol–water partition coefficient (Wildman–Crippen LogP) is 2.93. The van der Waals surface area contributed by atoms with Gasteiger partial charge in [-0.1, -0.05) is 12.1 Å². The maximum absolute atomic E-state index is 13.6. The molecule has 0 aromatic heterocycles. The first-order valence-electron chi connectivity index (χ1n) is 5.41. The molecule has 17 heavy (non-hydrogen) atoms. The molecule has 0 atom stereocenters. The first-order valence-corrected chi connectivity index (χ1v) is 5.41. The Kier molecular flexibility index (Phi) is 4.69. The van der Waals surface area contributed by atoms with Gasteiger partial charge in [-0.25, -0.2) is 9.18 Å². The minimum atomic E-state index is -1.12. The highest BCUT2D eigenvalue weighted by Gasteiger charge is 2.17. The van der Waals surface area contributed by atoms with Crippen LogP contribution in [0.1, 0.15) is 23.2 Å². The fourth-order valence-corrected chi connectivity index (χ4v) is 1.66. The lowest BCUT2D eigenvalue weighted by atomic mass is 10.1. The maximum atomic E-state index is 13.6. The van der Waals surface area contributed by atoms with Gasteiger partial charge in [-0.15, -0.1) is 6.58 Å². The van der Waals surface area contributed by atoms with E-state index in [2.05, 4.69) is 6.58 Å². The van der Waals surface area contributed by atoms with Crippen molar-refractivity contribution in [1.29, 1.82) is 0 Å². The molecule has 0 saturated heterocycles. The van der Waals surface area contributed by atoms with Gasteiger partial charge in [-0.3, -0.25) is 0 Å². The molecule has 0 aliphatic carbocycles. The van der Waals surface area contributed by atoms with Gasteiger partial charge in [0.1, 0.15) is 5.82 Å². The molecule has 0 bridgehead atoms. The molecule has 0 fully saturated rings. The van der Waals surface area contributed by atoms with Gasteiger partial charge in [0.2, 0.25) is 0 Å². The van der Waals surface area contributed by atoms with E-state index in [4.69, 9.17) is 5.11 Å². The second kappa shape index (κ2) is 6.03. The average Bonchev–Trinajstić information content (AvgIpc) is 2.28. The van der Waals surface area contributed by atoms with E-state index in [-0.39, 0.29) is 11.3 Å². The number of anilines is 1. The third-order valence-corrected chi connectivity index (χ3v) is 2.50. The zero-order chi connectivity index (χ0) is 12.8. The van der Waals surface area contributed by atoms with Crippen LogP contribution in [-0.4, -0.2) is 24.7 Å². The monoisotopic (exact) mass is 237 g/mol. The second-order valence-electron chi connectivity index (χ2n) is 3.79. The summed E-state index contributed by atoms with van der Waals surface area (Å²) in [5.41, 5.74) is 0.134. The number of benzene rings is 1. The molecular weight excluding hydrogens is 221 g/mol. The van der Waals surface area contributed by atoms with Crippen LogP contribution < -0.4 is 4.90 Å². The van der Waals surface area contributed by atoms with Crippen LogP contribution in [0.4, 0.5) is 10.1 Å². The fourth-order valence-electron chi connectivity index (χ4n) is 1.66. The molecule has 1 aromatic rings. The van der Waals surface area contributed by atoms with Gasteiger partial charge in [-0.2, -0.15) is 0 Å². The van der Waals surface area contributed by atoms with Crippen molar-refractivity contribution in [1.82, 2.24) is 0 Å². The van der Waals surface area contributed by atoms with Gasteiger partial charge in [0.05, 0.1) is 11.3 Å². The predicted molar refractivity (Wildman–Crippen MR) is 66.1 cm³/mol. The summed E-state index contributed by atoms with van der Waals surface area (Å²) in [5.74, 6) is -1.62. The number of carbonyl (C=O) groups is 1. The van der Waals surface area contributed by atoms with Gasteiger partial charge in [0.25, 0.3) is 0 Å². The topological polar surface area (TPSA) is 40.5 Å². The zero-order valence-electron chi connectivity index (χ0n) is 9.82. The largest absolute Gasteiger partial charge is 0.478 e. The average molecular weight is 237 g/mol. The van der Waals surface area contributed by atoms with Gasteiger partial charge in [0.15, 0.2) is 0 Å². The van der Waals surface area contributed by atoms with Crippen LogP contribution >= 0.6 is 0 Å². The van der Waals surface area contributed by atoms with Gasteiger partial charge in [-0.05, 0) is 25.0 Å². The first-order chi connectivity index (χ1) is 8.07. The van der Waals surface area contributed by atoms with Gasteiger partial charge in [0, 0.05) is 13.6 Å². The Labute approximate surface area is 100 Å². The fraction of sp³-hybridized carbons (Fsp3) is 0.308. The Hall–Kier alpha value is -1.84. The number of hydrogen-bond donors (Lipinski definition) is 1. The highest BCUT2D eigenvalue weighted by molar-refractivity contribution is 5.94. The van der Waals surface area contributed by atoms with Crippen LogP contribution in [0.15, 0.2) is 30.9 Å². The van der Waals surface area contributed by atoms with Crippen LogP contribution in [0.3, 0.4) is 0 Å². The Morgan fingerprint density at radius 1 is 1.59 bits per heavy atom. The molecule has 0 spiro atoms. The summed E-state index contributed by atoms with van der Waals surface area (Å²) in [4.78, 5) is 12.6. The minimum Gasteiger partial charge on any atom is -0.478 e. The molecule has 0 aliphatic heterocycles. The SMILES string of the molecule is C=CCCCN(C)c1c(F)cccc1C(=O)O.